The van der Waals surface area contributed by atoms with Crippen LogP contribution < -0.4 is 5.32 Å². The van der Waals surface area contributed by atoms with Gasteiger partial charge in [-0.2, -0.15) is 5.26 Å². The van der Waals surface area contributed by atoms with Gasteiger partial charge in [-0.25, -0.2) is 9.97 Å². The van der Waals surface area contributed by atoms with E-state index < -0.39 is 0 Å². The minimum Gasteiger partial charge on any atom is -0.370 e. The molecule has 2 aromatic heterocycles. The van der Waals surface area contributed by atoms with Gasteiger partial charge in [0.25, 0.3) is 0 Å². The number of hydrogen-bond acceptors (Lipinski definition) is 5. The molecule has 18 heavy (non-hydrogen) atoms. The number of ether oxygens (including phenoxy) is 1. The molecule has 0 spiro atoms. The van der Waals surface area contributed by atoms with E-state index in [2.05, 4.69) is 21.4 Å². The zero-order valence-corrected chi connectivity index (χ0v) is 10.5. The number of aromatic nitrogens is 3. The van der Waals surface area contributed by atoms with Crippen LogP contribution in [-0.4, -0.2) is 27.7 Å². The van der Waals surface area contributed by atoms with Crippen LogP contribution in [0.1, 0.15) is 19.4 Å². The third kappa shape index (κ3) is 2.13. The first kappa shape index (κ1) is 12.3. The SMILES string of the molecule is CCNc1ncnc2c1c(C#N)cn2COCC. The molecule has 0 aliphatic carbocycles. The molecular formula is C12H15N5O. The normalized spacial score (nSPS) is 10.5. The third-order valence-electron chi connectivity index (χ3n) is 2.55. The first-order chi connectivity index (χ1) is 8.81. The Kier molecular flexibility index (Phi) is 3.75. The fourth-order valence-corrected chi connectivity index (χ4v) is 1.80. The minimum absolute atomic E-state index is 0.386. The maximum atomic E-state index is 9.18. The van der Waals surface area contributed by atoms with Crippen LogP contribution in [0.2, 0.25) is 0 Å². The summed E-state index contributed by atoms with van der Waals surface area (Å²) in [5.74, 6) is 0.689. The summed E-state index contributed by atoms with van der Waals surface area (Å²) in [5.41, 5.74) is 1.27. The van der Waals surface area contributed by atoms with E-state index in [0.717, 1.165) is 11.9 Å². The monoisotopic (exact) mass is 245 g/mol. The molecule has 0 aromatic carbocycles. The highest BCUT2D eigenvalue weighted by molar-refractivity contribution is 5.92. The first-order valence-electron chi connectivity index (χ1n) is 5.87. The zero-order chi connectivity index (χ0) is 13.0. The van der Waals surface area contributed by atoms with Gasteiger partial charge in [0.15, 0.2) is 0 Å². The Morgan fingerprint density at radius 2 is 2.28 bits per heavy atom. The molecule has 0 aliphatic rings. The van der Waals surface area contributed by atoms with Gasteiger partial charge in [0, 0.05) is 19.3 Å². The largest absolute Gasteiger partial charge is 0.370 e. The topological polar surface area (TPSA) is 75.8 Å². The lowest BCUT2D eigenvalue weighted by Crippen LogP contribution is -2.03. The summed E-state index contributed by atoms with van der Waals surface area (Å²) in [5, 5.41) is 13.1. The summed E-state index contributed by atoms with van der Waals surface area (Å²) in [6, 6.07) is 2.17. The lowest BCUT2D eigenvalue weighted by atomic mass is 10.2. The average molecular weight is 245 g/mol. The predicted molar refractivity (Wildman–Crippen MR) is 68.0 cm³/mol. The maximum absolute atomic E-state index is 9.18. The van der Waals surface area contributed by atoms with Crippen molar-refractivity contribution in [2.45, 2.75) is 20.6 Å². The van der Waals surface area contributed by atoms with E-state index in [1.165, 1.54) is 6.33 Å². The molecule has 0 unspecified atom stereocenters. The van der Waals surface area contributed by atoms with Gasteiger partial charge in [-0.15, -0.1) is 0 Å². The highest BCUT2D eigenvalue weighted by Crippen LogP contribution is 2.24. The Labute approximate surface area is 105 Å². The van der Waals surface area contributed by atoms with Crippen molar-refractivity contribution in [3.05, 3.63) is 18.1 Å². The highest BCUT2D eigenvalue weighted by atomic mass is 16.5. The van der Waals surface area contributed by atoms with Gasteiger partial charge in [0.2, 0.25) is 0 Å². The van der Waals surface area contributed by atoms with Crippen LogP contribution in [0.4, 0.5) is 5.82 Å². The Bertz CT molecular complexity index is 584. The van der Waals surface area contributed by atoms with E-state index in [1.807, 2.05) is 18.4 Å². The van der Waals surface area contributed by atoms with Gasteiger partial charge in [0.05, 0.1) is 10.9 Å². The highest BCUT2D eigenvalue weighted by Gasteiger charge is 2.14. The Morgan fingerprint density at radius 1 is 1.44 bits per heavy atom. The fraction of sp³-hybridized carbons (Fsp3) is 0.417. The van der Waals surface area contributed by atoms with Crippen molar-refractivity contribution in [1.29, 1.82) is 5.26 Å². The van der Waals surface area contributed by atoms with E-state index in [0.29, 0.717) is 30.4 Å². The van der Waals surface area contributed by atoms with E-state index in [4.69, 9.17) is 4.74 Å². The summed E-state index contributed by atoms with van der Waals surface area (Å²) in [6.45, 7) is 5.66. The molecule has 2 rings (SSSR count). The van der Waals surface area contributed by atoms with Crippen molar-refractivity contribution in [3.8, 4) is 6.07 Å². The molecule has 0 radical (unpaired) electrons. The second kappa shape index (κ2) is 5.47. The van der Waals surface area contributed by atoms with Crippen LogP contribution in [-0.2, 0) is 11.5 Å². The summed E-state index contributed by atoms with van der Waals surface area (Å²) in [4.78, 5) is 8.40. The summed E-state index contributed by atoms with van der Waals surface area (Å²) >= 11 is 0. The predicted octanol–water partition coefficient (Wildman–Crippen LogP) is 1.73. The number of nitrogens with zero attached hydrogens (tertiary/aromatic N) is 4. The Morgan fingerprint density at radius 3 is 2.94 bits per heavy atom. The molecule has 94 valence electrons. The van der Waals surface area contributed by atoms with Crippen LogP contribution in [0, 0.1) is 11.3 Å². The van der Waals surface area contributed by atoms with Crippen LogP contribution in [0.3, 0.4) is 0 Å². The Hall–Kier alpha value is -2.13. The molecule has 0 aliphatic heterocycles. The van der Waals surface area contributed by atoms with Gasteiger partial charge in [-0.1, -0.05) is 0 Å². The molecule has 0 bridgehead atoms. The standard InChI is InChI=1S/C12H15N5O/c1-3-14-11-10-9(5-13)6-17(8-18-4-2)12(10)16-7-15-11/h6-7H,3-4,8H2,1-2H3,(H,14,15,16). The van der Waals surface area contributed by atoms with Gasteiger partial charge in [0.1, 0.15) is 30.6 Å². The minimum atomic E-state index is 0.386. The molecule has 2 heterocycles. The van der Waals surface area contributed by atoms with Gasteiger partial charge >= 0.3 is 0 Å². The van der Waals surface area contributed by atoms with Crippen LogP contribution in [0.15, 0.2) is 12.5 Å². The van der Waals surface area contributed by atoms with E-state index in [9.17, 15) is 5.26 Å². The molecule has 6 nitrogen and oxygen atoms in total. The first-order valence-corrected chi connectivity index (χ1v) is 5.87. The third-order valence-corrected chi connectivity index (χ3v) is 2.55. The molecule has 0 saturated carbocycles. The van der Waals surface area contributed by atoms with E-state index in [1.54, 1.807) is 6.20 Å². The van der Waals surface area contributed by atoms with Crippen molar-refractivity contribution in [3.63, 3.8) is 0 Å². The van der Waals surface area contributed by atoms with Crippen LogP contribution >= 0.6 is 0 Å². The quantitative estimate of drug-likeness (QED) is 0.868. The number of rotatable bonds is 5. The second-order valence-electron chi connectivity index (χ2n) is 3.70. The summed E-state index contributed by atoms with van der Waals surface area (Å²) in [7, 11) is 0. The smallest absolute Gasteiger partial charge is 0.148 e. The van der Waals surface area contributed by atoms with Gasteiger partial charge in [-0.3, -0.25) is 0 Å². The van der Waals surface area contributed by atoms with E-state index in [-0.39, 0.29) is 0 Å². The molecular weight excluding hydrogens is 230 g/mol. The molecule has 0 amide bonds. The number of nitrogens with one attached hydrogen (secondary N) is 1. The van der Waals surface area contributed by atoms with Gasteiger partial charge < -0.3 is 14.6 Å². The van der Waals surface area contributed by atoms with Crippen molar-refractivity contribution in [2.75, 3.05) is 18.5 Å². The summed E-state index contributed by atoms with van der Waals surface area (Å²) in [6.07, 6.45) is 3.24. The second-order valence-corrected chi connectivity index (χ2v) is 3.70. The molecule has 0 atom stereocenters. The molecule has 0 fully saturated rings. The average Bonchev–Trinajstić information content (AvgIpc) is 2.76. The van der Waals surface area contributed by atoms with Crippen LogP contribution in [0.25, 0.3) is 11.0 Å². The number of nitriles is 1. The maximum Gasteiger partial charge on any atom is 0.148 e. The molecule has 2 aromatic rings. The fourth-order valence-electron chi connectivity index (χ4n) is 1.80. The molecule has 1 N–H and O–H groups in total. The number of fused-ring (bicyclic) bond motifs is 1. The lowest BCUT2D eigenvalue weighted by Gasteiger charge is -2.06. The molecule has 0 saturated heterocycles. The van der Waals surface area contributed by atoms with E-state index >= 15 is 0 Å². The summed E-state index contributed by atoms with van der Waals surface area (Å²) < 4.78 is 7.18. The van der Waals surface area contributed by atoms with Crippen molar-refractivity contribution >= 4 is 16.9 Å². The van der Waals surface area contributed by atoms with Crippen molar-refractivity contribution < 1.29 is 4.74 Å². The number of hydrogen-bond donors (Lipinski definition) is 1. The Balaban J connectivity index is 2.56. The van der Waals surface area contributed by atoms with Crippen molar-refractivity contribution in [2.24, 2.45) is 0 Å². The van der Waals surface area contributed by atoms with Gasteiger partial charge in [-0.05, 0) is 13.8 Å². The zero-order valence-electron chi connectivity index (χ0n) is 10.5. The van der Waals surface area contributed by atoms with Crippen LogP contribution in [0.5, 0.6) is 0 Å². The molecule has 6 heteroatoms. The lowest BCUT2D eigenvalue weighted by molar-refractivity contribution is 0.0905. The van der Waals surface area contributed by atoms with Crippen molar-refractivity contribution in [1.82, 2.24) is 14.5 Å². The number of anilines is 1.